The van der Waals surface area contributed by atoms with Gasteiger partial charge in [0.25, 0.3) is 0 Å². The Morgan fingerprint density at radius 2 is 2.12 bits per heavy atom. The van der Waals surface area contributed by atoms with Gasteiger partial charge in [-0.2, -0.15) is 0 Å². The van der Waals surface area contributed by atoms with Crippen LogP contribution in [0.2, 0.25) is 0 Å². The molecule has 4 heteroatoms. The van der Waals surface area contributed by atoms with Gasteiger partial charge in [0.15, 0.2) is 6.10 Å². The second-order valence-electron chi connectivity index (χ2n) is 4.18. The molecule has 0 amide bonds. The molecule has 0 aliphatic carbocycles. The van der Waals surface area contributed by atoms with Crippen LogP contribution in [0.4, 0.5) is 0 Å². The molecular formula is C13H16O4. The molecule has 1 aromatic carbocycles. The molecule has 2 rings (SSSR count). The first-order chi connectivity index (χ1) is 8.16. The Bertz CT molecular complexity index is 376. The number of benzene rings is 1. The van der Waals surface area contributed by atoms with Crippen LogP contribution >= 0.6 is 0 Å². The van der Waals surface area contributed by atoms with Crippen molar-refractivity contribution in [2.45, 2.75) is 31.7 Å². The van der Waals surface area contributed by atoms with Gasteiger partial charge in [-0.15, -0.1) is 0 Å². The zero-order valence-electron chi connectivity index (χ0n) is 9.70. The van der Waals surface area contributed by atoms with E-state index in [0.717, 1.165) is 5.56 Å². The summed E-state index contributed by atoms with van der Waals surface area (Å²) < 4.78 is 10.6. The van der Waals surface area contributed by atoms with Crippen LogP contribution in [0.5, 0.6) is 0 Å². The molecule has 1 saturated heterocycles. The first-order valence-corrected chi connectivity index (χ1v) is 5.68. The van der Waals surface area contributed by atoms with Crippen LogP contribution in [0.3, 0.4) is 0 Å². The van der Waals surface area contributed by atoms with Crippen molar-refractivity contribution in [1.82, 2.24) is 0 Å². The minimum Gasteiger partial charge on any atom is -0.457 e. The van der Waals surface area contributed by atoms with Crippen molar-refractivity contribution in [3.05, 3.63) is 35.9 Å². The van der Waals surface area contributed by atoms with Gasteiger partial charge < -0.3 is 14.6 Å². The normalized spacial score (nSPS) is 28.7. The van der Waals surface area contributed by atoms with Gasteiger partial charge in [-0.25, -0.2) is 0 Å². The Morgan fingerprint density at radius 3 is 2.71 bits per heavy atom. The Morgan fingerprint density at radius 1 is 1.41 bits per heavy atom. The summed E-state index contributed by atoms with van der Waals surface area (Å²) in [5.41, 5.74) is 1.04. The fourth-order valence-corrected chi connectivity index (χ4v) is 1.99. The van der Waals surface area contributed by atoms with Crippen LogP contribution in [0.25, 0.3) is 0 Å². The van der Waals surface area contributed by atoms with Crippen LogP contribution in [0.1, 0.15) is 25.0 Å². The lowest BCUT2D eigenvalue weighted by Gasteiger charge is -2.32. The van der Waals surface area contributed by atoms with Crippen molar-refractivity contribution in [2.24, 2.45) is 0 Å². The molecule has 4 nitrogen and oxygen atoms in total. The van der Waals surface area contributed by atoms with Crippen LogP contribution in [0.15, 0.2) is 30.3 Å². The molecule has 17 heavy (non-hydrogen) atoms. The second kappa shape index (κ2) is 5.29. The van der Waals surface area contributed by atoms with E-state index in [2.05, 4.69) is 0 Å². The summed E-state index contributed by atoms with van der Waals surface area (Å²) in [6, 6.07) is 9.73. The molecule has 0 saturated carbocycles. The van der Waals surface area contributed by atoms with Gasteiger partial charge >= 0.3 is 5.97 Å². The highest BCUT2D eigenvalue weighted by Gasteiger charge is 2.32. The van der Waals surface area contributed by atoms with Crippen molar-refractivity contribution >= 4 is 5.97 Å². The standard InChI is InChI=1S/C13H16O4/c1-9(14)17-13-8-16-12(7-11(13)15)10-5-3-2-4-6-10/h2-6,11-13,15H,7-8H2,1H3/t11-,12+,13-/m0/s1. The maximum absolute atomic E-state index is 10.8. The minimum absolute atomic E-state index is 0.127. The summed E-state index contributed by atoms with van der Waals surface area (Å²) in [6.45, 7) is 1.57. The average Bonchev–Trinajstić information content (AvgIpc) is 2.32. The summed E-state index contributed by atoms with van der Waals surface area (Å²) in [5.74, 6) is -0.393. The Balaban J connectivity index is 1.97. The number of aliphatic hydroxyl groups is 1. The Kier molecular flexibility index (Phi) is 3.76. The number of carbonyl (C=O) groups is 1. The van der Waals surface area contributed by atoms with E-state index in [1.807, 2.05) is 30.3 Å². The van der Waals surface area contributed by atoms with Gasteiger partial charge in [0, 0.05) is 13.3 Å². The third kappa shape index (κ3) is 3.05. The molecule has 92 valence electrons. The topological polar surface area (TPSA) is 55.8 Å². The molecule has 0 spiro atoms. The molecule has 1 fully saturated rings. The first-order valence-electron chi connectivity index (χ1n) is 5.68. The van der Waals surface area contributed by atoms with E-state index in [9.17, 15) is 9.90 Å². The predicted octanol–water partition coefficient (Wildman–Crippen LogP) is 1.44. The molecular weight excluding hydrogens is 220 g/mol. The maximum atomic E-state index is 10.8. The summed E-state index contributed by atoms with van der Waals surface area (Å²) in [4.78, 5) is 10.8. The highest BCUT2D eigenvalue weighted by molar-refractivity contribution is 5.66. The molecule has 1 aromatic rings. The smallest absolute Gasteiger partial charge is 0.303 e. The first kappa shape index (κ1) is 12.1. The lowest BCUT2D eigenvalue weighted by Crippen LogP contribution is -2.40. The van der Waals surface area contributed by atoms with E-state index >= 15 is 0 Å². The van der Waals surface area contributed by atoms with Gasteiger partial charge in [0.05, 0.1) is 18.8 Å². The lowest BCUT2D eigenvalue weighted by atomic mass is 9.98. The number of aliphatic hydroxyl groups excluding tert-OH is 1. The molecule has 0 unspecified atom stereocenters. The summed E-state index contributed by atoms with van der Waals surface area (Å²) >= 11 is 0. The van der Waals surface area contributed by atoms with E-state index in [0.29, 0.717) is 6.42 Å². The minimum atomic E-state index is -0.669. The van der Waals surface area contributed by atoms with Gasteiger partial charge in [0.2, 0.25) is 0 Å². The predicted molar refractivity (Wildman–Crippen MR) is 61.3 cm³/mol. The van der Waals surface area contributed by atoms with Gasteiger partial charge in [-0.3, -0.25) is 4.79 Å². The molecule has 3 atom stereocenters. The monoisotopic (exact) mass is 236 g/mol. The summed E-state index contributed by atoms with van der Waals surface area (Å²) in [6.07, 6.45) is -0.898. The van der Waals surface area contributed by atoms with Crippen molar-refractivity contribution < 1.29 is 19.4 Å². The third-order valence-corrected chi connectivity index (χ3v) is 2.84. The van der Waals surface area contributed by atoms with Crippen molar-refractivity contribution in [1.29, 1.82) is 0 Å². The summed E-state index contributed by atoms with van der Waals surface area (Å²) in [7, 11) is 0. The molecule has 1 heterocycles. The van der Waals surface area contributed by atoms with Crippen LogP contribution in [-0.2, 0) is 14.3 Å². The number of ether oxygens (including phenoxy) is 2. The highest BCUT2D eigenvalue weighted by Crippen LogP contribution is 2.29. The SMILES string of the molecule is CC(=O)O[C@H]1CO[C@@H](c2ccccc2)C[C@@H]1O. The number of esters is 1. The van der Waals surface area contributed by atoms with E-state index in [4.69, 9.17) is 9.47 Å². The van der Waals surface area contributed by atoms with Gasteiger partial charge in [0.1, 0.15) is 0 Å². The fourth-order valence-electron chi connectivity index (χ4n) is 1.99. The lowest BCUT2D eigenvalue weighted by molar-refractivity contribution is -0.173. The van der Waals surface area contributed by atoms with Crippen molar-refractivity contribution in [2.75, 3.05) is 6.61 Å². The van der Waals surface area contributed by atoms with Crippen LogP contribution in [-0.4, -0.2) is 29.9 Å². The van der Waals surface area contributed by atoms with Crippen LogP contribution < -0.4 is 0 Å². The number of rotatable bonds is 2. The fraction of sp³-hybridized carbons (Fsp3) is 0.462. The largest absolute Gasteiger partial charge is 0.457 e. The van der Waals surface area contributed by atoms with Gasteiger partial charge in [-0.1, -0.05) is 30.3 Å². The van der Waals surface area contributed by atoms with Crippen LogP contribution in [0, 0.1) is 0 Å². The van der Waals surface area contributed by atoms with Crippen molar-refractivity contribution in [3.8, 4) is 0 Å². The Hall–Kier alpha value is -1.39. The van der Waals surface area contributed by atoms with E-state index < -0.39 is 18.2 Å². The van der Waals surface area contributed by atoms with Crippen molar-refractivity contribution in [3.63, 3.8) is 0 Å². The molecule has 1 aliphatic rings. The third-order valence-electron chi connectivity index (χ3n) is 2.84. The zero-order valence-corrected chi connectivity index (χ0v) is 9.70. The molecule has 0 aromatic heterocycles. The second-order valence-corrected chi connectivity index (χ2v) is 4.18. The maximum Gasteiger partial charge on any atom is 0.303 e. The molecule has 1 N–H and O–H groups in total. The Labute approximate surface area is 100 Å². The number of hydrogen-bond donors (Lipinski definition) is 1. The highest BCUT2D eigenvalue weighted by atomic mass is 16.6. The van der Waals surface area contributed by atoms with E-state index in [1.165, 1.54) is 6.92 Å². The molecule has 0 bridgehead atoms. The molecule has 1 aliphatic heterocycles. The quantitative estimate of drug-likeness (QED) is 0.789. The number of carbonyl (C=O) groups excluding carboxylic acids is 1. The number of hydrogen-bond acceptors (Lipinski definition) is 4. The molecule has 0 radical (unpaired) electrons. The van der Waals surface area contributed by atoms with Gasteiger partial charge in [-0.05, 0) is 5.56 Å². The van der Waals surface area contributed by atoms with E-state index in [-0.39, 0.29) is 12.7 Å². The zero-order chi connectivity index (χ0) is 12.3. The summed E-state index contributed by atoms with van der Waals surface area (Å²) in [5, 5.41) is 9.89. The average molecular weight is 236 g/mol. The van der Waals surface area contributed by atoms with E-state index in [1.54, 1.807) is 0 Å².